The van der Waals surface area contributed by atoms with E-state index in [0.29, 0.717) is 12.2 Å². The first-order chi connectivity index (χ1) is 13.6. The Balaban J connectivity index is 1.40. The molecule has 4 rings (SSSR count). The number of piperazine rings is 1. The van der Waals surface area contributed by atoms with Gasteiger partial charge in [0, 0.05) is 54.9 Å². The van der Waals surface area contributed by atoms with Gasteiger partial charge in [-0.1, -0.05) is 6.07 Å². The monoisotopic (exact) mass is 378 g/mol. The maximum Gasteiger partial charge on any atom is 0.249 e. The number of aromatic nitrogens is 1. The molecule has 1 saturated heterocycles. The van der Waals surface area contributed by atoms with Gasteiger partial charge < -0.3 is 20.4 Å². The summed E-state index contributed by atoms with van der Waals surface area (Å²) in [6, 6.07) is 15.5. The Morgan fingerprint density at radius 1 is 1.11 bits per heavy atom. The van der Waals surface area contributed by atoms with E-state index in [1.54, 1.807) is 6.07 Å². The van der Waals surface area contributed by atoms with Gasteiger partial charge in [0.1, 0.15) is 12.4 Å². The number of nitrogens with zero attached hydrogens (tertiary/aromatic N) is 2. The van der Waals surface area contributed by atoms with E-state index in [4.69, 9.17) is 10.5 Å². The van der Waals surface area contributed by atoms with Crippen LogP contribution in [0, 0.1) is 0 Å². The summed E-state index contributed by atoms with van der Waals surface area (Å²) in [7, 11) is 2.16. The number of nitrogens with one attached hydrogen (secondary N) is 1. The molecule has 0 radical (unpaired) electrons. The van der Waals surface area contributed by atoms with Gasteiger partial charge in [-0.05, 0) is 55.1 Å². The van der Waals surface area contributed by atoms with E-state index in [1.807, 2.05) is 42.5 Å². The number of ether oxygens (including phenoxy) is 1. The molecule has 1 aliphatic rings. The molecule has 1 fully saturated rings. The molecule has 0 atom stereocenters. The zero-order valence-electron chi connectivity index (χ0n) is 16.1. The molecule has 1 amide bonds. The van der Waals surface area contributed by atoms with Crippen LogP contribution < -0.4 is 10.5 Å². The van der Waals surface area contributed by atoms with Crippen LogP contribution in [0.5, 0.6) is 5.75 Å². The van der Waals surface area contributed by atoms with Gasteiger partial charge in [-0.2, -0.15) is 0 Å². The molecule has 2 aromatic carbocycles. The van der Waals surface area contributed by atoms with Crippen LogP contribution in [-0.2, 0) is 0 Å². The average Bonchev–Trinajstić information content (AvgIpc) is 3.14. The fraction of sp³-hybridized carbons (Fsp3) is 0.318. The van der Waals surface area contributed by atoms with E-state index >= 15 is 0 Å². The Kier molecular flexibility index (Phi) is 5.32. The molecule has 3 aromatic rings. The standard InChI is InChI=1S/C22H26N4O2/c1-25-9-11-26(12-10-25)13-14-28-17-7-5-16(6-8-17)21-15-19-18(22(23)27)3-2-4-20(19)24-21/h2-8,15,24H,9-14H2,1H3,(H2,23,27). The quantitative estimate of drug-likeness (QED) is 0.691. The molecule has 28 heavy (non-hydrogen) atoms. The second-order valence-electron chi connectivity index (χ2n) is 7.33. The highest BCUT2D eigenvalue weighted by Crippen LogP contribution is 2.27. The zero-order chi connectivity index (χ0) is 19.5. The molecular weight excluding hydrogens is 352 g/mol. The highest BCUT2D eigenvalue weighted by Gasteiger charge is 2.13. The maximum atomic E-state index is 11.6. The number of likely N-dealkylation sites (N-methyl/N-ethyl adjacent to an activating group) is 1. The number of primary amides is 1. The van der Waals surface area contributed by atoms with Crippen LogP contribution in [0.15, 0.2) is 48.5 Å². The summed E-state index contributed by atoms with van der Waals surface area (Å²) in [6.45, 7) is 6.09. The molecule has 0 aliphatic carbocycles. The van der Waals surface area contributed by atoms with E-state index in [-0.39, 0.29) is 0 Å². The van der Waals surface area contributed by atoms with Crippen molar-refractivity contribution < 1.29 is 9.53 Å². The molecule has 1 aliphatic heterocycles. The van der Waals surface area contributed by atoms with Crippen molar-refractivity contribution in [2.75, 3.05) is 46.4 Å². The summed E-state index contributed by atoms with van der Waals surface area (Å²) < 4.78 is 5.91. The Hall–Kier alpha value is -2.83. The van der Waals surface area contributed by atoms with Gasteiger partial charge in [-0.25, -0.2) is 0 Å². The van der Waals surface area contributed by atoms with Crippen molar-refractivity contribution in [3.05, 3.63) is 54.1 Å². The van der Waals surface area contributed by atoms with Gasteiger partial charge in [-0.15, -0.1) is 0 Å². The number of hydrogen-bond acceptors (Lipinski definition) is 4. The number of benzene rings is 2. The van der Waals surface area contributed by atoms with Crippen LogP contribution in [-0.4, -0.2) is 67.1 Å². The first-order valence-electron chi connectivity index (χ1n) is 9.66. The Bertz CT molecular complexity index is 956. The van der Waals surface area contributed by atoms with Crippen LogP contribution in [0.1, 0.15) is 10.4 Å². The van der Waals surface area contributed by atoms with Crippen molar-refractivity contribution in [2.45, 2.75) is 0 Å². The average molecular weight is 378 g/mol. The number of amides is 1. The van der Waals surface area contributed by atoms with Gasteiger partial charge in [0.15, 0.2) is 0 Å². The van der Waals surface area contributed by atoms with Gasteiger partial charge >= 0.3 is 0 Å². The van der Waals surface area contributed by atoms with E-state index in [9.17, 15) is 4.79 Å². The van der Waals surface area contributed by atoms with Crippen molar-refractivity contribution in [2.24, 2.45) is 5.73 Å². The summed E-state index contributed by atoms with van der Waals surface area (Å²) in [5.41, 5.74) is 8.90. The van der Waals surface area contributed by atoms with Crippen LogP contribution in [0.25, 0.3) is 22.2 Å². The third-order valence-corrected chi connectivity index (χ3v) is 5.37. The number of aromatic amines is 1. The molecule has 0 spiro atoms. The lowest BCUT2D eigenvalue weighted by atomic mass is 10.1. The van der Waals surface area contributed by atoms with E-state index < -0.39 is 5.91 Å². The predicted octanol–water partition coefficient (Wildman–Crippen LogP) is 2.56. The first kappa shape index (κ1) is 18.5. The molecule has 6 nitrogen and oxygen atoms in total. The van der Waals surface area contributed by atoms with Crippen molar-refractivity contribution in [1.29, 1.82) is 0 Å². The third-order valence-electron chi connectivity index (χ3n) is 5.37. The number of H-pyrrole nitrogens is 1. The van der Waals surface area contributed by atoms with E-state index in [2.05, 4.69) is 21.8 Å². The normalized spacial score (nSPS) is 15.8. The number of carbonyl (C=O) groups is 1. The summed E-state index contributed by atoms with van der Waals surface area (Å²) in [5.74, 6) is 0.451. The third kappa shape index (κ3) is 4.03. The summed E-state index contributed by atoms with van der Waals surface area (Å²) in [4.78, 5) is 19.8. The molecule has 1 aromatic heterocycles. The Morgan fingerprint density at radius 3 is 2.57 bits per heavy atom. The van der Waals surface area contributed by atoms with Crippen LogP contribution >= 0.6 is 0 Å². The molecule has 0 bridgehead atoms. The van der Waals surface area contributed by atoms with Gasteiger partial charge in [0.25, 0.3) is 0 Å². The molecule has 2 heterocycles. The zero-order valence-corrected chi connectivity index (χ0v) is 16.1. The number of carbonyl (C=O) groups excluding carboxylic acids is 1. The summed E-state index contributed by atoms with van der Waals surface area (Å²) >= 11 is 0. The van der Waals surface area contributed by atoms with Crippen molar-refractivity contribution in [1.82, 2.24) is 14.8 Å². The Labute approximate surface area is 164 Å². The topological polar surface area (TPSA) is 74.6 Å². The predicted molar refractivity (Wildman–Crippen MR) is 112 cm³/mol. The molecule has 6 heteroatoms. The van der Waals surface area contributed by atoms with Crippen LogP contribution in [0.4, 0.5) is 0 Å². The van der Waals surface area contributed by atoms with Gasteiger partial charge in [0.05, 0.1) is 0 Å². The minimum atomic E-state index is -0.416. The fourth-order valence-corrected chi connectivity index (χ4v) is 3.62. The van der Waals surface area contributed by atoms with E-state index in [1.165, 1.54) is 0 Å². The molecular formula is C22H26N4O2. The molecule has 146 valence electrons. The maximum absolute atomic E-state index is 11.6. The molecule has 0 saturated carbocycles. The number of rotatable bonds is 6. The largest absolute Gasteiger partial charge is 0.492 e. The minimum Gasteiger partial charge on any atom is -0.492 e. The Morgan fingerprint density at radius 2 is 1.86 bits per heavy atom. The summed E-state index contributed by atoms with van der Waals surface area (Å²) in [5, 5.41) is 0.845. The SMILES string of the molecule is CN1CCN(CCOc2ccc(-c3cc4c(C(N)=O)cccc4[nH]3)cc2)CC1. The summed E-state index contributed by atoms with van der Waals surface area (Å²) in [6.07, 6.45) is 0. The minimum absolute atomic E-state index is 0.416. The molecule has 0 unspecified atom stereocenters. The first-order valence-corrected chi connectivity index (χ1v) is 9.66. The lowest BCUT2D eigenvalue weighted by Crippen LogP contribution is -2.45. The number of nitrogens with two attached hydrogens (primary N) is 1. The van der Waals surface area contributed by atoms with Gasteiger partial charge in [0.2, 0.25) is 5.91 Å². The highest BCUT2D eigenvalue weighted by molar-refractivity contribution is 6.06. The second kappa shape index (κ2) is 8.04. The number of fused-ring (bicyclic) bond motifs is 1. The molecule has 3 N–H and O–H groups in total. The van der Waals surface area contributed by atoms with Crippen molar-refractivity contribution in [3.63, 3.8) is 0 Å². The van der Waals surface area contributed by atoms with E-state index in [0.717, 1.165) is 60.6 Å². The lowest BCUT2D eigenvalue weighted by Gasteiger charge is -2.32. The van der Waals surface area contributed by atoms with Crippen molar-refractivity contribution >= 4 is 16.8 Å². The highest BCUT2D eigenvalue weighted by atomic mass is 16.5. The lowest BCUT2D eigenvalue weighted by molar-refractivity contribution is 0.100. The second-order valence-corrected chi connectivity index (χ2v) is 7.33. The number of hydrogen-bond donors (Lipinski definition) is 2. The van der Waals surface area contributed by atoms with Crippen LogP contribution in [0.2, 0.25) is 0 Å². The van der Waals surface area contributed by atoms with Gasteiger partial charge in [-0.3, -0.25) is 9.69 Å². The smallest absolute Gasteiger partial charge is 0.249 e. The van der Waals surface area contributed by atoms with Crippen LogP contribution in [0.3, 0.4) is 0 Å². The fourth-order valence-electron chi connectivity index (χ4n) is 3.62. The van der Waals surface area contributed by atoms with Crippen molar-refractivity contribution in [3.8, 4) is 17.0 Å².